The van der Waals surface area contributed by atoms with Crippen LogP contribution in [0.1, 0.15) is 30.8 Å². The molecule has 0 amide bonds. The van der Waals surface area contributed by atoms with E-state index in [0.29, 0.717) is 11.8 Å². The summed E-state index contributed by atoms with van der Waals surface area (Å²) in [7, 11) is 1.98. The molecule has 0 spiro atoms. The Morgan fingerprint density at radius 1 is 1.13 bits per heavy atom. The van der Waals surface area contributed by atoms with Crippen LogP contribution >= 0.6 is 0 Å². The van der Waals surface area contributed by atoms with Crippen molar-refractivity contribution in [2.75, 3.05) is 31.1 Å². The number of unbranched alkanes of at least 4 members (excludes halogenated alkanes) is 1. The van der Waals surface area contributed by atoms with Gasteiger partial charge >= 0.3 is 0 Å². The second-order valence-electron chi connectivity index (χ2n) is 8.77. The first-order chi connectivity index (χ1) is 15.1. The number of aromatic nitrogens is 4. The van der Waals surface area contributed by atoms with Gasteiger partial charge < -0.3 is 18.8 Å². The van der Waals surface area contributed by atoms with E-state index in [1.165, 1.54) is 19.4 Å². The Labute approximate surface area is 181 Å². The highest BCUT2D eigenvalue weighted by Gasteiger charge is 2.40. The van der Waals surface area contributed by atoms with Crippen molar-refractivity contribution in [1.82, 2.24) is 24.6 Å². The zero-order chi connectivity index (χ0) is 21.4. The molecule has 2 aliphatic rings. The Balaban J connectivity index is 1.11. The molecule has 1 aromatic carbocycles. The summed E-state index contributed by atoms with van der Waals surface area (Å²) < 4.78 is 20.7. The number of halogens is 1. The van der Waals surface area contributed by atoms with Gasteiger partial charge in [0.25, 0.3) is 0 Å². The minimum atomic E-state index is -0.168. The van der Waals surface area contributed by atoms with Crippen LogP contribution in [0.5, 0.6) is 0 Å². The van der Waals surface area contributed by atoms with Gasteiger partial charge in [0.2, 0.25) is 5.82 Å². The van der Waals surface area contributed by atoms with Gasteiger partial charge in [-0.1, -0.05) is 0 Å². The van der Waals surface area contributed by atoms with Crippen molar-refractivity contribution >= 4 is 5.69 Å². The predicted molar refractivity (Wildman–Crippen MR) is 116 cm³/mol. The maximum absolute atomic E-state index is 13.3. The van der Waals surface area contributed by atoms with Gasteiger partial charge in [-0.3, -0.25) is 0 Å². The summed E-state index contributed by atoms with van der Waals surface area (Å²) >= 11 is 0. The molecule has 2 unspecified atom stereocenters. The number of fused-ring (bicyclic) bond motifs is 1. The summed E-state index contributed by atoms with van der Waals surface area (Å²) in [6.07, 6.45) is 5.79. The molecule has 2 fully saturated rings. The highest BCUT2D eigenvalue weighted by atomic mass is 19.1. The number of anilines is 1. The molecule has 164 valence electrons. The fourth-order valence-electron chi connectivity index (χ4n) is 5.10. The summed E-state index contributed by atoms with van der Waals surface area (Å²) in [5, 5.41) is 8.65. The van der Waals surface area contributed by atoms with Crippen LogP contribution in [0.15, 0.2) is 35.1 Å². The largest absolute Gasteiger partial charge is 0.440 e. The quantitative estimate of drug-likeness (QED) is 0.542. The van der Waals surface area contributed by atoms with Crippen LogP contribution in [0.4, 0.5) is 10.1 Å². The van der Waals surface area contributed by atoms with Gasteiger partial charge in [-0.2, -0.15) is 0 Å². The molecule has 2 aliphatic heterocycles. The van der Waals surface area contributed by atoms with Crippen molar-refractivity contribution in [2.45, 2.75) is 38.6 Å². The van der Waals surface area contributed by atoms with Crippen molar-refractivity contribution in [3.63, 3.8) is 0 Å². The van der Waals surface area contributed by atoms with Crippen LogP contribution in [-0.2, 0) is 13.5 Å². The van der Waals surface area contributed by atoms with E-state index in [2.05, 4.69) is 25.0 Å². The number of rotatable bonds is 7. The van der Waals surface area contributed by atoms with Crippen LogP contribution in [0.3, 0.4) is 0 Å². The van der Waals surface area contributed by atoms with Gasteiger partial charge in [0.1, 0.15) is 11.6 Å². The molecule has 0 radical (unpaired) electrons. The summed E-state index contributed by atoms with van der Waals surface area (Å²) in [6, 6.07) is 7.51. The highest BCUT2D eigenvalue weighted by Crippen LogP contribution is 2.35. The molecule has 2 aromatic heterocycles. The molecule has 31 heavy (non-hydrogen) atoms. The number of hydrogen-bond acceptors (Lipinski definition) is 6. The summed E-state index contributed by atoms with van der Waals surface area (Å²) in [5.74, 6) is 2.95. The molecule has 2 saturated heterocycles. The third-order valence-corrected chi connectivity index (χ3v) is 6.82. The fourth-order valence-corrected chi connectivity index (χ4v) is 5.10. The van der Waals surface area contributed by atoms with Crippen LogP contribution < -0.4 is 4.90 Å². The molecule has 4 heterocycles. The predicted octanol–water partition coefficient (Wildman–Crippen LogP) is 3.45. The van der Waals surface area contributed by atoms with E-state index in [1.54, 1.807) is 12.1 Å². The standard InChI is InChI=1S/C23H29FN6O/c1-16-22(31-15-25-16)23-27-26-21(28(23)2)5-3-4-11-29-13-17-10-12-30(20(17)14-29)19-8-6-18(24)7-9-19/h6-9,15,17,20H,3-5,10-14H2,1-2H3. The SMILES string of the molecule is Cc1ncoc1-c1nnc(CCCCN2CC3CCN(c4ccc(F)cc4)C3C2)n1C. The van der Waals surface area contributed by atoms with Crippen molar-refractivity contribution < 1.29 is 8.81 Å². The van der Waals surface area contributed by atoms with Crippen molar-refractivity contribution in [1.29, 1.82) is 0 Å². The molecule has 7 nitrogen and oxygen atoms in total. The minimum absolute atomic E-state index is 0.168. The van der Waals surface area contributed by atoms with Crippen LogP contribution in [0, 0.1) is 18.7 Å². The normalized spacial score (nSPS) is 21.2. The van der Waals surface area contributed by atoms with E-state index in [1.807, 2.05) is 30.7 Å². The lowest BCUT2D eigenvalue weighted by molar-refractivity contribution is 0.309. The third kappa shape index (κ3) is 3.96. The number of aryl methyl sites for hydroxylation is 2. The lowest BCUT2D eigenvalue weighted by atomic mass is 10.1. The van der Waals surface area contributed by atoms with Gasteiger partial charge in [-0.15, -0.1) is 10.2 Å². The molecule has 0 aliphatic carbocycles. The summed E-state index contributed by atoms with van der Waals surface area (Å²) in [4.78, 5) is 9.20. The summed E-state index contributed by atoms with van der Waals surface area (Å²) in [5.41, 5.74) is 1.98. The van der Waals surface area contributed by atoms with E-state index in [9.17, 15) is 4.39 Å². The Morgan fingerprint density at radius 3 is 2.74 bits per heavy atom. The topological polar surface area (TPSA) is 63.2 Å². The second-order valence-corrected chi connectivity index (χ2v) is 8.77. The smallest absolute Gasteiger partial charge is 0.201 e. The van der Waals surface area contributed by atoms with Crippen LogP contribution in [-0.4, -0.2) is 56.9 Å². The maximum atomic E-state index is 13.3. The molecular formula is C23H29FN6O. The Kier molecular flexibility index (Phi) is 5.48. The van der Waals surface area contributed by atoms with Crippen LogP contribution in [0.25, 0.3) is 11.6 Å². The van der Waals surface area contributed by atoms with E-state index >= 15 is 0 Å². The van der Waals surface area contributed by atoms with Crippen LogP contribution in [0.2, 0.25) is 0 Å². The monoisotopic (exact) mass is 424 g/mol. The Bertz CT molecular complexity index is 1030. The second kappa shape index (κ2) is 8.42. The molecular weight excluding hydrogens is 395 g/mol. The first-order valence-electron chi connectivity index (χ1n) is 11.1. The van der Waals surface area contributed by atoms with Gasteiger partial charge in [0, 0.05) is 44.8 Å². The minimum Gasteiger partial charge on any atom is -0.440 e. The van der Waals surface area contributed by atoms with Crippen molar-refractivity contribution in [3.8, 4) is 11.6 Å². The van der Waals surface area contributed by atoms with Crippen molar-refractivity contribution in [2.24, 2.45) is 13.0 Å². The molecule has 3 aromatic rings. The average molecular weight is 425 g/mol. The van der Waals surface area contributed by atoms with E-state index in [4.69, 9.17) is 4.42 Å². The zero-order valence-electron chi connectivity index (χ0n) is 18.2. The maximum Gasteiger partial charge on any atom is 0.201 e. The fraction of sp³-hybridized carbons (Fsp3) is 0.522. The lowest BCUT2D eigenvalue weighted by Gasteiger charge is -2.27. The molecule has 2 atom stereocenters. The van der Waals surface area contributed by atoms with Gasteiger partial charge in [-0.05, 0) is 62.9 Å². The first-order valence-corrected chi connectivity index (χ1v) is 11.1. The molecule has 0 bridgehead atoms. The van der Waals surface area contributed by atoms with Crippen molar-refractivity contribution in [3.05, 3.63) is 48.0 Å². The first kappa shape index (κ1) is 20.2. The summed E-state index contributed by atoms with van der Waals surface area (Å²) in [6.45, 7) is 6.36. The Hall–Kier alpha value is -2.74. The van der Waals surface area contributed by atoms with E-state index in [0.717, 1.165) is 67.8 Å². The average Bonchev–Trinajstić information content (AvgIpc) is 3.52. The third-order valence-electron chi connectivity index (χ3n) is 6.82. The van der Waals surface area contributed by atoms with E-state index in [-0.39, 0.29) is 5.82 Å². The van der Waals surface area contributed by atoms with Gasteiger partial charge in [0.05, 0.1) is 5.69 Å². The lowest BCUT2D eigenvalue weighted by Crippen LogP contribution is -2.35. The number of likely N-dealkylation sites (tertiary alicyclic amines) is 1. The van der Waals surface area contributed by atoms with Gasteiger partial charge in [-0.25, -0.2) is 9.37 Å². The number of oxazole rings is 1. The number of hydrogen-bond donors (Lipinski definition) is 0. The molecule has 8 heteroatoms. The van der Waals surface area contributed by atoms with Gasteiger partial charge in [0.15, 0.2) is 12.2 Å². The number of benzene rings is 1. The van der Waals surface area contributed by atoms with E-state index < -0.39 is 0 Å². The molecule has 0 N–H and O–H groups in total. The highest BCUT2D eigenvalue weighted by molar-refractivity contribution is 5.50. The number of nitrogens with zero attached hydrogens (tertiary/aromatic N) is 6. The molecule has 0 saturated carbocycles. The zero-order valence-corrected chi connectivity index (χ0v) is 18.2. The molecule has 5 rings (SSSR count). The Morgan fingerprint density at radius 2 is 1.97 bits per heavy atom.